The molecule has 0 aromatic carbocycles. The summed E-state index contributed by atoms with van der Waals surface area (Å²) in [5, 5.41) is 3.52. The van der Waals surface area contributed by atoms with Crippen molar-refractivity contribution in [1.82, 2.24) is 9.97 Å². The van der Waals surface area contributed by atoms with Gasteiger partial charge < -0.3 is 10.7 Å². The Bertz CT molecular complexity index is 464. The lowest BCUT2D eigenvalue weighted by atomic mass is 9.95. The van der Waals surface area contributed by atoms with Crippen LogP contribution in [0.5, 0.6) is 0 Å². The Kier molecular flexibility index (Phi) is 5.96. The maximum Gasteiger partial charge on any atom is 0.148 e. The van der Waals surface area contributed by atoms with Gasteiger partial charge in [0.1, 0.15) is 17.5 Å². The molecule has 1 heterocycles. The van der Waals surface area contributed by atoms with E-state index < -0.39 is 0 Å². The molecular formula is C16H31N5. The van der Waals surface area contributed by atoms with Crippen molar-refractivity contribution >= 4 is 11.6 Å². The van der Waals surface area contributed by atoms with Crippen molar-refractivity contribution in [3.8, 4) is 0 Å². The van der Waals surface area contributed by atoms with Gasteiger partial charge in [0.2, 0.25) is 0 Å². The van der Waals surface area contributed by atoms with Crippen LogP contribution in [0.2, 0.25) is 0 Å². The molecule has 1 rings (SSSR count). The number of aromatic nitrogens is 2. The van der Waals surface area contributed by atoms with Crippen molar-refractivity contribution in [2.75, 3.05) is 10.7 Å². The topological polar surface area (TPSA) is 75.9 Å². The summed E-state index contributed by atoms with van der Waals surface area (Å²) in [4.78, 5) is 9.23. The van der Waals surface area contributed by atoms with Gasteiger partial charge in [-0.1, -0.05) is 41.0 Å². The maximum atomic E-state index is 5.60. The van der Waals surface area contributed by atoms with Crippen LogP contribution in [0.15, 0.2) is 0 Å². The number of hydrogen-bond acceptors (Lipinski definition) is 5. The van der Waals surface area contributed by atoms with Gasteiger partial charge in [-0.3, -0.25) is 0 Å². The van der Waals surface area contributed by atoms with Gasteiger partial charge in [-0.2, -0.15) is 0 Å². The smallest absolute Gasteiger partial charge is 0.148 e. The van der Waals surface area contributed by atoms with E-state index in [1.165, 1.54) is 6.42 Å². The Morgan fingerprint density at radius 1 is 1.14 bits per heavy atom. The summed E-state index contributed by atoms with van der Waals surface area (Å²) in [6.07, 6.45) is 2.31. The Morgan fingerprint density at radius 2 is 1.71 bits per heavy atom. The normalized spacial score (nSPS) is 14.7. The van der Waals surface area contributed by atoms with Crippen molar-refractivity contribution in [3.63, 3.8) is 0 Å². The molecule has 0 spiro atoms. The van der Waals surface area contributed by atoms with Gasteiger partial charge in [0.15, 0.2) is 0 Å². The van der Waals surface area contributed by atoms with Crippen molar-refractivity contribution < 1.29 is 0 Å². The van der Waals surface area contributed by atoms with E-state index in [4.69, 9.17) is 10.8 Å². The van der Waals surface area contributed by atoms with Gasteiger partial charge in [0, 0.05) is 17.0 Å². The summed E-state index contributed by atoms with van der Waals surface area (Å²) >= 11 is 0. The molecule has 1 aromatic heterocycles. The van der Waals surface area contributed by atoms with Crippen LogP contribution in [-0.4, -0.2) is 16.0 Å². The minimum atomic E-state index is -0.115. The first-order valence-electron chi connectivity index (χ1n) is 7.81. The van der Waals surface area contributed by atoms with E-state index in [0.29, 0.717) is 17.8 Å². The number of nitrogens with two attached hydrogens (primary N) is 1. The van der Waals surface area contributed by atoms with Crippen LogP contribution in [0, 0.1) is 12.8 Å². The summed E-state index contributed by atoms with van der Waals surface area (Å²) < 4.78 is 0. The summed E-state index contributed by atoms with van der Waals surface area (Å²) in [6, 6.07) is 0.368. The van der Waals surface area contributed by atoms with Gasteiger partial charge in [-0.15, -0.1) is 0 Å². The van der Waals surface area contributed by atoms with Crippen LogP contribution in [0.3, 0.4) is 0 Å². The Morgan fingerprint density at radius 3 is 2.19 bits per heavy atom. The number of nitrogens with one attached hydrogen (secondary N) is 2. The van der Waals surface area contributed by atoms with Gasteiger partial charge in [-0.05, 0) is 26.2 Å². The third-order valence-corrected chi connectivity index (χ3v) is 3.79. The van der Waals surface area contributed by atoms with Gasteiger partial charge in [0.25, 0.3) is 0 Å². The molecule has 0 amide bonds. The largest absolute Gasteiger partial charge is 0.367 e. The highest BCUT2D eigenvalue weighted by Crippen LogP contribution is 2.26. The van der Waals surface area contributed by atoms with Gasteiger partial charge in [0.05, 0.1) is 0 Å². The molecule has 5 heteroatoms. The van der Waals surface area contributed by atoms with Crippen LogP contribution >= 0.6 is 0 Å². The molecule has 0 saturated carbocycles. The van der Waals surface area contributed by atoms with Crippen molar-refractivity contribution in [2.24, 2.45) is 11.8 Å². The average Bonchev–Trinajstić information content (AvgIpc) is 2.39. The number of nitrogen functional groups attached to an aromatic ring is 1. The second-order valence-corrected chi connectivity index (χ2v) is 7.06. The first-order chi connectivity index (χ1) is 9.68. The van der Waals surface area contributed by atoms with E-state index >= 15 is 0 Å². The van der Waals surface area contributed by atoms with Crippen molar-refractivity contribution in [3.05, 3.63) is 11.4 Å². The number of hydrazine groups is 1. The lowest BCUT2D eigenvalue weighted by Gasteiger charge is -2.23. The van der Waals surface area contributed by atoms with Crippen molar-refractivity contribution in [2.45, 2.75) is 72.8 Å². The SMILES string of the molecule is CCC(C)CC(C)Nc1nc(C(C)(C)C)nc(NN)c1C. The number of nitrogens with zero attached hydrogens (tertiary/aromatic N) is 2. The van der Waals surface area contributed by atoms with Crippen LogP contribution in [0.1, 0.15) is 65.8 Å². The fourth-order valence-corrected chi connectivity index (χ4v) is 2.20. The number of anilines is 2. The lowest BCUT2D eigenvalue weighted by Crippen LogP contribution is -2.24. The highest BCUT2D eigenvalue weighted by Gasteiger charge is 2.21. The molecular weight excluding hydrogens is 262 g/mol. The van der Waals surface area contributed by atoms with Crippen LogP contribution in [0.4, 0.5) is 11.6 Å². The van der Waals surface area contributed by atoms with Crippen LogP contribution in [-0.2, 0) is 5.41 Å². The van der Waals surface area contributed by atoms with Gasteiger partial charge in [-0.25, -0.2) is 15.8 Å². The molecule has 1 aromatic rings. The Hall–Kier alpha value is -1.36. The molecule has 5 nitrogen and oxygen atoms in total. The standard InChI is InChI=1S/C16H31N5/c1-8-10(2)9-11(3)18-13-12(4)14(21-17)20-15(19-13)16(5,6)7/h10-11H,8-9,17H2,1-7H3,(H2,18,19,20,21). The summed E-state index contributed by atoms with van der Waals surface area (Å²) in [6.45, 7) is 15.0. The molecule has 0 aliphatic carbocycles. The van der Waals surface area contributed by atoms with Crippen LogP contribution in [0.25, 0.3) is 0 Å². The second kappa shape index (κ2) is 7.07. The molecule has 0 radical (unpaired) electrons. The van der Waals surface area contributed by atoms with Gasteiger partial charge >= 0.3 is 0 Å². The molecule has 0 bridgehead atoms. The average molecular weight is 293 g/mol. The quantitative estimate of drug-likeness (QED) is 0.552. The fourth-order valence-electron chi connectivity index (χ4n) is 2.20. The monoisotopic (exact) mass is 293 g/mol. The maximum absolute atomic E-state index is 5.60. The van der Waals surface area contributed by atoms with Crippen molar-refractivity contribution in [1.29, 1.82) is 0 Å². The van der Waals surface area contributed by atoms with E-state index in [1.807, 2.05) is 6.92 Å². The predicted octanol–water partition coefficient (Wildman–Crippen LogP) is 3.60. The highest BCUT2D eigenvalue weighted by molar-refractivity contribution is 5.57. The van der Waals surface area contributed by atoms with E-state index in [9.17, 15) is 0 Å². The molecule has 2 atom stereocenters. The van der Waals surface area contributed by atoms with E-state index in [2.05, 4.69) is 57.3 Å². The summed E-state index contributed by atoms with van der Waals surface area (Å²) in [5.41, 5.74) is 3.53. The zero-order chi connectivity index (χ0) is 16.2. The number of rotatable bonds is 6. The Balaban J connectivity index is 3.05. The molecule has 2 unspecified atom stereocenters. The number of hydrogen-bond donors (Lipinski definition) is 3. The molecule has 0 aliphatic rings. The molecule has 21 heavy (non-hydrogen) atoms. The van der Waals surface area contributed by atoms with E-state index in [1.54, 1.807) is 0 Å². The highest BCUT2D eigenvalue weighted by atomic mass is 15.3. The zero-order valence-corrected chi connectivity index (χ0v) is 14.5. The Labute approximate surface area is 129 Å². The van der Waals surface area contributed by atoms with E-state index in [-0.39, 0.29) is 5.41 Å². The first kappa shape index (κ1) is 17.7. The summed E-state index contributed by atoms with van der Waals surface area (Å²) in [5.74, 6) is 8.65. The fraction of sp³-hybridized carbons (Fsp3) is 0.750. The lowest BCUT2D eigenvalue weighted by molar-refractivity contribution is 0.482. The molecule has 120 valence electrons. The van der Waals surface area contributed by atoms with Crippen LogP contribution < -0.4 is 16.6 Å². The zero-order valence-electron chi connectivity index (χ0n) is 14.5. The molecule has 4 N–H and O–H groups in total. The summed E-state index contributed by atoms with van der Waals surface area (Å²) in [7, 11) is 0. The third-order valence-electron chi connectivity index (χ3n) is 3.79. The minimum Gasteiger partial charge on any atom is -0.367 e. The predicted molar refractivity (Wildman–Crippen MR) is 90.4 cm³/mol. The molecule has 0 aliphatic heterocycles. The molecule has 0 saturated heterocycles. The third kappa shape index (κ3) is 4.84. The molecule has 0 fully saturated rings. The minimum absolute atomic E-state index is 0.115. The van der Waals surface area contributed by atoms with E-state index in [0.717, 1.165) is 23.6 Å². The first-order valence-corrected chi connectivity index (χ1v) is 7.81. The second-order valence-electron chi connectivity index (χ2n) is 7.06.